The van der Waals surface area contributed by atoms with Crippen LogP contribution in [0.5, 0.6) is 0 Å². The summed E-state index contributed by atoms with van der Waals surface area (Å²) in [5.41, 5.74) is 6.44. The van der Waals surface area contributed by atoms with E-state index in [0.717, 1.165) is 12.2 Å². The number of hydrogen-bond acceptors (Lipinski definition) is 3. The molecular formula is C9H14N4. The topological polar surface area (TPSA) is 63.3 Å². The molecule has 1 heterocycles. The standard InChI is InChI=1S/C9H14N4/c1-8(10)12-6-7-13-9-2-4-11-5-3-9/h2-5H,6-7H2,1H3,(H2,10,12)(H,11,13). The first kappa shape index (κ1) is 9.51. The van der Waals surface area contributed by atoms with Crippen molar-refractivity contribution in [3.63, 3.8) is 0 Å². The van der Waals surface area contributed by atoms with Crippen LogP contribution in [-0.4, -0.2) is 23.9 Å². The summed E-state index contributed by atoms with van der Waals surface area (Å²) < 4.78 is 0. The molecular weight excluding hydrogens is 164 g/mol. The maximum absolute atomic E-state index is 5.38. The highest BCUT2D eigenvalue weighted by molar-refractivity contribution is 5.77. The van der Waals surface area contributed by atoms with Crippen molar-refractivity contribution in [3.8, 4) is 0 Å². The van der Waals surface area contributed by atoms with Crippen LogP contribution in [-0.2, 0) is 0 Å². The van der Waals surface area contributed by atoms with Gasteiger partial charge in [0.25, 0.3) is 0 Å². The number of rotatable bonds is 4. The number of nitrogens with two attached hydrogens (primary N) is 1. The van der Waals surface area contributed by atoms with Gasteiger partial charge in [-0.25, -0.2) is 0 Å². The fourth-order valence-electron chi connectivity index (χ4n) is 0.902. The molecule has 13 heavy (non-hydrogen) atoms. The summed E-state index contributed by atoms with van der Waals surface area (Å²) in [6, 6.07) is 3.83. The fraction of sp³-hybridized carbons (Fsp3) is 0.333. The van der Waals surface area contributed by atoms with Gasteiger partial charge in [0.2, 0.25) is 0 Å². The third-order valence-corrected chi connectivity index (χ3v) is 1.48. The molecule has 1 rings (SSSR count). The highest BCUT2D eigenvalue weighted by Crippen LogP contribution is 2.01. The molecule has 3 N–H and O–H groups in total. The molecule has 0 aliphatic carbocycles. The van der Waals surface area contributed by atoms with E-state index in [1.165, 1.54) is 0 Å². The van der Waals surface area contributed by atoms with E-state index < -0.39 is 0 Å². The molecule has 0 saturated heterocycles. The largest absolute Gasteiger partial charge is 0.388 e. The monoisotopic (exact) mass is 178 g/mol. The lowest BCUT2D eigenvalue weighted by atomic mass is 10.4. The number of pyridine rings is 1. The zero-order valence-corrected chi connectivity index (χ0v) is 7.70. The van der Waals surface area contributed by atoms with Crippen LogP contribution in [0.2, 0.25) is 0 Å². The van der Waals surface area contributed by atoms with Gasteiger partial charge in [-0.15, -0.1) is 0 Å². The van der Waals surface area contributed by atoms with Crippen molar-refractivity contribution in [2.24, 2.45) is 10.7 Å². The maximum Gasteiger partial charge on any atom is 0.0906 e. The van der Waals surface area contributed by atoms with Gasteiger partial charge < -0.3 is 11.1 Å². The Hall–Kier alpha value is -1.58. The van der Waals surface area contributed by atoms with Crippen molar-refractivity contribution < 1.29 is 0 Å². The van der Waals surface area contributed by atoms with Gasteiger partial charge in [-0.2, -0.15) is 0 Å². The number of nitrogens with zero attached hydrogens (tertiary/aromatic N) is 2. The van der Waals surface area contributed by atoms with Crippen LogP contribution >= 0.6 is 0 Å². The van der Waals surface area contributed by atoms with Crippen LogP contribution in [0, 0.1) is 0 Å². The summed E-state index contributed by atoms with van der Waals surface area (Å²) in [7, 11) is 0. The molecule has 0 amide bonds. The molecule has 0 bridgehead atoms. The minimum atomic E-state index is 0.622. The molecule has 0 atom stereocenters. The molecule has 1 aromatic rings. The van der Waals surface area contributed by atoms with Crippen LogP contribution in [0.25, 0.3) is 0 Å². The van der Waals surface area contributed by atoms with Gasteiger partial charge in [-0.05, 0) is 19.1 Å². The van der Waals surface area contributed by atoms with Crippen molar-refractivity contribution in [2.75, 3.05) is 18.4 Å². The van der Waals surface area contributed by atoms with E-state index in [1.54, 1.807) is 19.3 Å². The third-order valence-electron chi connectivity index (χ3n) is 1.48. The maximum atomic E-state index is 5.38. The summed E-state index contributed by atoms with van der Waals surface area (Å²) in [5, 5.41) is 3.20. The number of aromatic nitrogens is 1. The molecule has 0 unspecified atom stereocenters. The smallest absolute Gasteiger partial charge is 0.0906 e. The molecule has 0 fully saturated rings. The summed E-state index contributed by atoms with van der Waals surface area (Å²) in [4.78, 5) is 7.97. The number of hydrogen-bond donors (Lipinski definition) is 2. The zero-order chi connectivity index (χ0) is 9.52. The van der Waals surface area contributed by atoms with Crippen molar-refractivity contribution in [3.05, 3.63) is 24.5 Å². The second-order valence-corrected chi connectivity index (χ2v) is 2.69. The minimum absolute atomic E-state index is 0.622. The van der Waals surface area contributed by atoms with Crippen LogP contribution < -0.4 is 11.1 Å². The Morgan fingerprint density at radius 3 is 2.85 bits per heavy atom. The second-order valence-electron chi connectivity index (χ2n) is 2.69. The summed E-state index contributed by atoms with van der Waals surface area (Å²) in [6.07, 6.45) is 3.50. The first-order chi connectivity index (χ1) is 6.29. The lowest BCUT2D eigenvalue weighted by Crippen LogP contribution is -2.10. The van der Waals surface area contributed by atoms with Crippen molar-refractivity contribution >= 4 is 11.5 Å². The van der Waals surface area contributed by atoms with Gasteiger partial charge >= 0.3 is 0 Å². The van der Waals surface area contributed by atoms with Gasteiger partial charge in [-0.1, -0.05) is 0 Å². The normalized spacial score (nSPS) is 11.3. The van der Waals surface area contributed by atoms with Crippen LogP contribution in [0.3, 0.4) is 0 Å². The van der Waals surface area contributed by atoms with Crippen molar-refractivity contribution in [1.29, 1.82) is 0 Å². The molecule has 0 aromatic carbocycles. The Balaban J connectivity index is 2.25. The van der Waals surface area contributed by atoms with Gasteiger partial charge in [0, 0.05) is 24.6 Å². The van der Waals surface area contributed by atoms with E-state index in [9.17, 15) is 0 Å². The Kier molecular flexibility index (Phi) is 3.75. The van der Waals surface area contributed by atoms with Crippen LogP contribution in [0.4, 0.5) is 5.69 Å². The predicted molar refractivity (Wildman–Crippen MR) is 54.9 cm³/mol. The Labute approximate surface area is 77.9 Å². The first-order valence-corrected chi connectivity index (χ1v) is 4.19. The van der Waals surface area contributed by atoms with Gasteiger partial charge in [-0.3, -0.25) is 9.98 Å². The quantitative estimate of drug-likeness (QED) is 0.408. The van der Waals surface area contributed by atoms with E-state index in [2.05, 4.69) is 15.3 Å². The summed E-state index contributed by atoms with van der Waals surface area (Å²) in [6.45, 7) is 3.27. The Morgan fingerprint density at radius 2 is 2.23 bits per heavy atom. The van der Waals surface area contributed by atoms with Gasteiger partial charge in [0.15, 0.2) is 0 Å². The number of nitrogens with one attached hydrogen (secondary N) is 1. The summed E-state index contributed by atoms with van der Waals surface area (Å²) >= 11 is 0. The fourth-order valence-corrected chi connectivity index (χ4v) is 0.902. The van der Waals surface area contributed by atoms with Gasteiger partial charge in [0.1, 0.15) is 0 Å². The lowest BCUT2D eigenvalue weighted by Gasteiger charge is -2.02. The first-order valence-electron chi connectivity index (χ1n) is 4.19. The van der Waals surface area contributed by atoms with Gasteiger partial charge in [0.05, 0.1) is 12.4 Å². The van der Waals surface area contributed by atoms with E-state index in [-0.39, 0.29) is 0 Å². The SMILES string of the molecule is CC(N)=NCCNc1ccncc1. The molecule has 0 saturated carbocycles. The average molecular weight is 178 g/mol. The molecule has 0 aliphatic rings. The Morgan fingerprint density at radius 1 is 1.54 bits per heavy atom. The second kappa shape index (κ2) is 5.13. The van der Waals surface area contributed by atoms with E-state index >= 15 is 0 Å². The highest BCUT2D eigenvalue weighted by Gasteiger charge is 1.87. The number of aliphatic imine (C=N–C) groups is 1. The molecule has 4 nitrogen and oxygen atoms in total. The number of anilines is 1. The van der Waals surface area contributed by atoms with Crippen molar-refractivity contribution in [2.45, 2.75) is 6.92 Å². The van der Waals surface area contributed by atoms with Crippen LogP contribution in [0.15, 0.2) is 29.5 Å². The predicted octanol–water partition coefficient (Wildman–Crippen LogP) is 0.871. The van der Waals surface area contributed by atoms with E-state index in [4.69, 9.17) is 5.73 Å². The molecule has 70 valence electrons. The van der Waals surface area contributed by atoms with E-state index in [0.29, 0.717) is 12.4 Å². The number of amidine groups is 1. The highest BCUT2D eigenvalue weighted by atomic mass is 14.9. The molecule has 4 heteroatoms. The molecule has 1 aromatic heterocycles. The molecule has 0 spiro atoms. The van der Waals surface area contributed by atoms with Crippen LogP contribution in [0.1, 0.15) is 6.92 Å². The third kappa shape index (κ3) is 4.10. The zero-order valence-electron chi connectivity index (χ0n) is 7.70. The Bertz CT molecular complexity index is 264. The molecule has 0 aliphatic heterocycles. The lowest BCUT2D eigenvalue weighted by molar-refractivity contribution is 1.02. The molecule has 0 radical (unpaired) electrons. The minimum Gasteiger partial charge on any atom is -0.388 e. The van der Waals surface area contributed by atoms with E-state index in [1.807, 2.05) is 12.1 Å². The van der Waals surface area contributed by atoms with Crippen molar-refractivity contribution in [1.82, 2.24) is 4.98 Å². The summed E-state index contributed by atoms with van der Waals surface area (Å²) in [5.74, 6) is 0.622. The average Bonchev–Trinajstić information content (AvgIpc) is 2.14.